The van der Waals surface area contributed by atoms with E-state index in [1.165, 1.54) is 5.56 Å². The van der Waals surface area contributed by atoms with E-state index < -0.39 is 0 Å². The van der Waals surface area contributed by atoms with Crippen molar-refractivity contribution in [1.29, 1.82) is 0 Å². The van der Waals surface area contributed by atoms with Crippen LogP contribution >= 0.6 is 11.8 Å². The SMILES string of the molecule is Cn1cc(CC(CSC(C)(C)C)NN)cn1. The fourth-order valence-electron chi connectivity index (χ4n) is 1.38. The number of hydrazine groups is 1. The summed E-state index contributed by atoms with van der Waals surface area (Å²) in [7, 11) is 1.93. The lowest BCUT2D eigenvalue weighted by Crippen LogP contribution is -2.39. The smallest absolute Gasteiger partial charge is 0.0522 e. The third-order valence-electron chi connectivity index (χ3n) is 2.19. The summed E-state index contributed by atoms with van der Waals surface area (Å²) < 4.78 is 2.10. The van der Waals surface area contributed by atoms with Gasteiger partial charge in [0.05, 0.1) is 6.20 Å². The van der Waals surface area contributed by atoms with Crippen molar-refractivity contribution in [3.05, 3.63) is 18.0 Å². The molecule has 0 fully saturated rings. The lowest BCUT2D eigenvalue weighted by Gasteiger charge is -2.22. The van der Waals surface area contributed by atoms with Crippen LogP contribution in [0.2, 0.25) is 0 Å². The standard InChI is InChI=1S/C11H22N4S/c1-11(2,3)16-8-10(14-12)5-9-6-13-15(4)7-9/h6-7,10,14H,5,8,12H2,1-4H3. The van der Waals surface area contributed by atoms with Crippen molar-refractivity contribution in [2.24, 2.45) is 12.9 Å². The number of thioether (sulfide) groups is 1. The molecule has 0 aliphatic carbocycles. The molecular formula is C11H22N4S. The van der Waals surface area contributed by atoms with Crippen molar-refractivity contribution in [3.63, 3.8) is 0 Å². The van der Waals surface area contributed by atoms with Gasteiger partial charge in [0.15, 0.2) is 0 Å². The van der Waals surface area contributed by atoms with Gasteiger partial charge in [-0.15, -0.1) is 0 Å². The number of hydrogen-bond donors (Lipinski definition) is 2. The van der Waals surface area contributed by atoms with Gasteiger partial charge in [-0.3, -0.25) is 16.0 Å². The first-order valence-corrected chi connectivity index (χ1v) is 6.47. The molecule has 0 amide bonds. The molecule has 0 spiro atoms. The molecule has 0 saturated carbocycles. The highest BCUT2D eigenvalue weighted by atomic mass is 32.2. The summed E-state index contributed by atoms with van der Waals surface area (Å²) in [6, 6.07) is 0.299. The second-order valence-corrected chi connectivity index (χ2v) is 6.86. The highest BCUT2D eigenvalue weighted by molar-refractivity contribution is 8.00. The minimum absolute atomic E-state index is 0.282. The van der Waals surface area contributed by atoms with Crippen LogP contribution in [-0.2, 0) is 13.5 Å². The summed E-state index contributed by atoms with van der Waals surface area (Å²) in [5.41, 5.74) is 4.10. The summed E-state index contributed by atoms with van der Waals surface area (Å²) in [5, 5.41) is 4.15. The molecule has 0 bridgehead atoms. The van der Waals surface area contributed by atoms with E-state index in [0.717, 1.165) is 12.2 Å². The molecule has 0 aromatic carbocycles. The average Bonchev–Trinajstić information content (AvgIpc) is 2.57. The Morgan fingerprint density at radius 1 is 1.56 bits per heavy atom. The molecule has 92 valence electrons. The number of aryl methyl sites for hydroxylation is 1. The molecular weight excluding hydrogens is 220 g/mol. The number of nitrogens with zero attached hydrogens (tertiary/aromatic N) is 2. The molecule has 16 heavy (non-hydrogen) atoms. The molecule has 1 rings (SSSR count). The number of nitrogens with one attached hydrogen (secondary N) is 1. The monoisotopic (exact) mass is 242 g/mol. The molecule has 1 aromatic heterocycles. The van der Waals surface area contributed by atoms with Gasteiger partial charge in [-0.05, 0) is 12.0 Å². The van der Waals surface area contributed by atoms with Gasteiger partial charge in [0, 0.05) is 29.8 Å². The molecule has 1 aromatic rings. The van der Waals surface area contributed by atoms with Crippen LogP contribution in [0.25, 0.3) is 0 Å². The van der Waals surface area contributed by atoms with E-state index in [1.54, 1.807) is 0 Å². The summed E-state index contributed by atoms with van der Waals surface area (Å²) in [4.78, 5) is 0. The maximum atomic E-state index is 5.57. The van der Waals surface area contributed by atoms with Crippen LogP contribution in [0.15, 0.2) is 12.4 Å². The maximum Gasteiger partial charge on any atom is 0.0522 e. The van der Waals surface area contributed by atoms with E-state index in [-0.39, 0.29) is 4.75 Å². The van der Waals surface area contributed by atoms with Crippen LogP contribution < -0.4 is 11.3 Å². The minimum atomic E-state index is 0.282. The van der Waals surface area contributed by atoms with Crippen LogP contribution in [0.5, 0.6) is 0 Å². The molecule has 0 radical (unpaired) electrons. The van der Waals surface area contributed by atoms with Gasteiger partial charge in [-0.2, -0.15) is 16.9 Å². The van der Waals surface area contributed by atoms with E-state index >= 15 is 0 Å². The Balaban J connectivity index is 2.43. The Morgan fingerprint density at radius 3 is 2.69 bits per heavy atom. The van der Waals surface area contributed by atoms with Crippen LogP contribution in [0.4, 0.5) is 0 Å². The molecule has 3 N–H and O–H groups in total. The zero-order chi connectivity index (χ0) is 12.2. The second kappa shape index (κ2) is 5.70. The van der Waals surface area contributed by atoms with Gasteiger partial charge in [0.1, 0.15) is 0 Å². The Morgan fingerprint density at radius 2 is 2.25 bits per heavy atom. The molecule has 1 heterocycles. The van der Waals surface area contributed by atoms with Crippen LogP contribution in [0, 0.1) is 0 Å². The molecule has 1 atom stereocenters. The highest BCUT2D eigenvalue weighted by Gasteiger charge is 2.15. The van der Waals surface area contributed by atoms with Gasteiger partial charge >= 0.3 is 0 Å². The van der Waals surface area contributed by atoms with Crippen LogP contribution in [0.3, 0.4) is 0 Å². The van der Waals surface area contributed by atoms with Crippen molar-refractivity contribution in [2.75, 3.05) is 5.75 Å². The van der Waals surface area contributed by atoms with Crippen LogP contribution in [0.1, 0.15) is 26.3 Å². The second-order valence-electron chi connectivity index (χ2n) is 5.01. The average molecular weight is 242 g/mol. The van der Waals surface area contributed by atoms with E-state index in [1.807, 2.05) is 35.9 Å². The Hall–Kier alpha value is -0.520. The molecule has 1 unspecified atom stereocenters. The summed E-state index contributed by atoms with van der Waals surface area (Å²) in [6.45, 7) is 6.65. The summed E-state index contributed by atoms with van der Waals surface area (Å²) in [5.74, 6) is 6.58. The third kappa shape index (κ3) is 5.01. The zero-order valence-electron chi connectivity index (χ0n) is 10.5. The predicted octanol–water partition coefficient (Wildman–Crippen LogP) is 1.33. The first-order chi connectivity index (χ1) is 7.40. The minimum Gasteiger partial charge on any atom is -0.276 e. The van der Waals surface area contributed by atoms with Crippen molar-refractivity contribution in [2.45, 2.75) is 38.0 Å². The highest BCUT2D eigenvalue weighted by Crippen LogP contribution is 2.24. The number of rotatable bonds is 5. The predicted molar refractivity (Wildman–Crippen MR) is 70.2 cm³/mol. The summed E-state index contributed by atoms with van der Waals surface area (Å²) in [6.07, 6.45) is 4.85. The molecule has 0 aliphatic heterocycles. The van der Waals surface area contributed by atoms with Gasteiger partial charge in [0.25, 0.3) is 0 Å². The number of nitrogens with two attached hydrogens (primary N) is 1. The lowest BCUT2D eigenvalue weighted by atomic mass is 10.1. The molecule has 0 aliphatic rings. The summed E-state index contributed by atoms with van der Waals surface area (Å²) >= 11 is 1.92. The van der Waals surface area contributed by atoms with E-state index in [2.05, 4.69) is 31.3 Å². The third-order valence-corrected chi connectivity index (χ3v) is 3.63. The van der Waals surface area contributed by atoms with Gasteiger partial charge in [-0.25, -0.2) is 0 Å². The van der Waals surface area contributed by atoms with Crippen LogP contribution in [-0.4, -0.2) is 26.3 Å². The van der Waals surface area contributed by atoms with Crippen molar-refractivity contribution in [3.8, 4) is 0 Å². The van der Waals surface area contributed by atoms with Crippen molar-refractivity contribution in [1.82, 2.24) is 15.2 Å². The zero-order valence-corrected chi connectivity index (χ0v) is 11.3. The molecule has 0 saturated heterocycles. The van der Waals surface area contributed by atoms with Crippen molar-refractivity contribution >= 4 is 11.8 Å². The Bertz CT molecular complexity index is 316. The largest absolute Gasteiger partial charge is 0.276 e. The quantitative estimate of drug-likeness (QED) is 0.604. The normalized spacial score (nSPS) is 14.1. The van der Waals surface area contributed by atoms with E-state index in [0.29, 0.717) is 6.04 Å². The first kappa shape index (κ1) is 13.5. The van der Waals surface area contributed by atoms with Gasteiger partial charge < -0.3 is 0 Å². The Kier molecular flexibility index (Phi) is 4.83. The fraction of sp³-hybridized carbons (Fsp3) is 0.727. The van der Waals surface area contributed by atoms with Crippen molar-refractivity contribution < 1.29 is 0 Å². The van der Waals surface area contributed by atoms with E-state index in [4.69, 9.17) is 5.84 Å². The van der Waals surface area contributed by atoms with Gasteiger partial charge in [0.2, 0.25) is 0 Å². The maximum absolute atomic E-state index is 5.57. The van der Waals surface area contributed by atoms with E-state index in [9.17, 15) is 0 Å². The number of hydrogen-bond acceptors (Lipinski definition) is 4. The molecule has 4 nitrogen and oxygen atoms in total. The first-order valence-electron chi connectivity index (χ1n) is 5.48. The molecule has 5 heteroatoms. The van der Waals surface area contributed by atoms with Gasteiger partial charge in [-0.1, -0.05) is 20.8 Å². The Labute approximate surface area is 102 Å². The number of aromatic nitrogens is 2. The lowest BCUT2D eigenvalue weighted by molar-refractivity contribution is 0.573. The fourth-order valence-corrected chi connectivity index (χ4v) is 2.29. The topological polar surface area (TPSA) is 55.9 Å².